The average Bonchev–Trinajstić information content (AvgIpc) is 3.21. The number of likely N-dealkylation sites (N-methyl/N-ethyl adjacent to an activating group) is 2. The van der Waals surface area contributed by atoms with E-state index in [2.05, 4.69) is 23.8 Å². The van der Waals surface area contributed by atoms with Crippen molar-refractivity contribution in [2.24, 2.45) is 4.99 Å². The van der Waals surface area contributed by atoms with Crippen LogP contribution in [0.25, 0.3) is 0 Å². The van der Waals surface area contributed by atoms with Crippen LogP contribution in [-0.4, -0.2) is 50.4 Å². The van der Waals surface area contributed by atoms with Crippen molar-refractivity contribution in [3.63, 3.8) is 0 Å². The van der Waals surface area contributed by atoms with E-state index in [1.54, 1.807) is 13.1 Å². The van der Waals surface area contributed by atoms with Crippen LogP contribution in [0, 0.1) is 11.6 Å². The van der Waals surface area contributed by atoms with Gasteiger partial charge < -0.3 is 20.4 Å². The number of hydrogen-bond donors (Lipinski definition) is 2. The fourth-order valence-electron chi connectivity index (χ4n) is 4.73. The highest BCUT2D eigenvalue weighted by Crippen LogP contribution is 2.49. The molecule has 0 saturated heterocycles. The molecule has 5 nitrogen and oxygen atoms in total. The Morgan fingerprint density at radius 2 is 2.03 bits per heavy atom. The van der Waals surface area contributed by atoms with Crippen LogP contribution in [0.3, 0.4) is 0 Å². The molecule has 0 bridgehead atoms. The van der Waals surface area contributed by atoms with Gasteiger partial charge in [-0.1, -0.05) is 37.0 Å². The molecule has 0 aliphatic carbocycles. The highest BCUT2D eigenvalue weighted by molar-refractivity contribution is 5.91. The molecule has 1 aromatic carbocycles. The van der Waals surface area contributed by atoms with Gasteiger partial charge in [0, 0.05) is 74.8 Å². The number of rotatable bonds is 6. The van der Waals surface area contributed by atoms with Gasteiger partial charge in [-0.2, -0.15) is 0 Å². The molecular weight excluding hydrogens is 444 g/mol. The number of dihydropyridines is 1. The minimum atomic E-state index is -0.877. The maximum Gasteiger partial charge on any atom is 0.165 e. The number of nitrogens with zero attached hydrogens (tertiary/aromatic N) is 3. The van der Waals surface area contributed by atoms with E-state index in [1.807, 2.05) is 74.6 Å². The van der Waals surface area contributed by atoms with Gasteiger partial charge in [0.1, 0.15) is 6.17 Å². The second-order valence-corrected chi connectivity index (χ2v) is 9.02. The first kappa shape index (κ1) is 24.3. The van der Waals surface area contributed by atoms with Crippen molar-refractivity contribution >= 4 is 17.6 Å². The van der Waals surface area contributed by atoms with Gasteiger partial charge in [0.25, 0.3) is 0 Å². The Hall–Kier alpha value is -3.87. The number of benzene rings is 1. The van der Waals surface area contributed by atoms with E-state index in [9.17, 15) is 4.39 Å². The summed E-state index contributed by atoms with van der Waals surface area (Å²) in [4.78, 5) is 8.68. The summed E-state index contributed by atoms with van der Waals surface area (Å²) in [5.74, 6) is -2.18. The van der Waals surface area contributed by atoms with Gasteiger partial charge in [-0.25, -0.2) is 8.78 Å². The Labute approximate surface area is 205 Å². The Bertz CT molecular complexity index is 1280. The van der Waals surface area contributed by atoms with Crippen LogP contribution < -0.4 is 10.6 Å². The van der Waals surface area contributed by atoms with E-state index in [-0.39, 0.29) is 0 Å². The molecule has 3 aliphatic heterocycles. The number of nitrogens with one attached hydrogen (secondary N) is 2. The minimum absolute atomic E-state index is 0.300. The lowest BCUT2D eigenvalue weighted by atomic mass is 9.86. The van der Waals surface area contributed by atoms with Crippen LogP contribution in [0.1, 0.15) is 18.4 Å². The maximum atomic E-state index is 15.1. The predicted molar refractivity (Wildman–Crippen MR) is 141 cm³/mol. The van der Waals surface area contributed by atoms with Gasteiger partial charge in [0.05, 0.1) is 17.3 Å². The summed E-state index contributed by atoms with van der Waals surface area (Å²) in [6.45, 7) is 9.76. The van der Waals surface area contributed by atoms with Gasteiger partial charge >= 0.3 is 0 Å². The Morgan fingerprint density at radius 1 is 1.29 bits per heavy atom. The Kier molecular flexibility index (Phi) is 6.52. The average molecular weight is 476 g/mol. The highest BCUT2D eigenvalue weighted by Gasteiger charge is 2.43. The molecule has 1 aromatic rings. The third-order valence-electron chi connectivity index (χ3n) is 6.49. The van der Waals surface area contributed by atoms with E-state index in [1.165, 1.54) is 6.07 Å². The molecule has 0 fully saturated rings. The zero-order valence-electron chi connectivity index (χ0n) is 20.8. The van der Waals surface area contributed by atoms with Gasteiger partial charge in [0.15, 0.2) is 11.6 Å². The lowest BCUT2D eigenvalue weighted by molar-refractivity contribution is 0.429. The summed E-state index contributed by atoms with van der Waals surface area (Å²) in [5.41, 5.74) is 6.94. The summed E-state index contributed by atoms with van der Waals surface area (Å²) in [5, 5.41) is 6.25. The number of anilines is 2. The summed E-state index contributed by atoms with van der Waals surface area (Å²) in [6.07, 6.45) is 13.2. The molecule has 3 aliphatic rings. The van der Waals surface area contributed by atoms with Crippen LogP contribution in [0.2, 0.25) is 0 Å². The quantitative estimate of drug-likeness (QED) is 0.518. The minimum Gasteiger partial charge on any atom is -0.386 e. The second kappa shape index (κ2) is 9.41. The molecule has 2 N–H and O–H groups in total. The zero-order chi connectivity index (χ0) is 25.4. The third kappa shape index (κ3) is 4.22. The zero-order valence-corrected chi connectivity index (χ0v) is 20.8. The molecule has 0 spiro atoms. The maximum absolute atomic E-state index is 15.1. The fourth-order valence-corrected chi connectivity index (χ4v) is 4.73. The van der Waals surface area contributed by atoms with Crippen LogP contribution in [0.5, 0.6) is 0 Å². The molecule has 0 saturated carbocycles. The molecule has 182 valence electrons. The normalized spacial score (nSPS) is 22.0. The Morgan fingerprint density at radius 3 is 2.63 bits per heavy atom. The molecule has 4 rings (SSSR count). The van der Waals surface area contributed by atoms with Gasteiger partial charge in [-0.05, 0) is 24.6 Å². The lowest BCUT2D eigenvalue weighted by Crippen LogP contribution is -2.32. The highest BCUT2D eigenvalue weighted by atomic mass is 19.2. The topological polar surface area (TPSA) is 42.9 Å². The van der Waals surface area contributed by atoms with Gasteiger partial charge in [0.2, 0.25) is 0 Å². The molecule has 3 heterocycles. The van der Waals surface area contributed by atoms with Crippen LogP contribution >= 0.6 is 0 Å². The molecule has 0 aromatic heterocycles. The number of hydrogen-bond acceptors (Lipinski definition) is 5. The summed E-state index contributed by atoms with van der Waals surface area (Å²) in [7, 11) is 7.50. The molecule has 0 radical (unpaired) electrons. The van der Waals surface area contributed by atoms with Crippen molar-refractivity contribution in [1.82, 2.24) is 9.80 Å². The van der Waals surface area contributed by atoms with E-state index in [4.69, 9.17) is 4.99 Å². The van der Waals surface area contributed by atoms with Crippen LogP contribution in [0.15, 0.2) is 94.5 Å². The van der Waals surface area contributed by atoms with Crippen molar-refractivity contribution in [1.29, 1.82) is 0 Å². The summed E-state index contributed by atoms with van der Waals surface area (Å²) < 4.78 is 29.6. The summed E-state index contributed by atoms with van der Waals surface area (Å²) >= 11 is 0. The Balaban J connectivity index is 1.78. The first-order chi connectivity index (χ1) is 16.7. The fraction of sp³-hybridized carbons (Fsp3) is 0.250. The third-order valence-corrected chi connectivity index (χ3v) is 6.49. The van der Waals surface area contributed by atoms with Gasteiger partial charge in [-0.3, -0.25) is 4.99 Å². The second-order valence-electron chi connectivity index (χ2n) is 9.02. The van der Waals surface area contributed by atoms with Gasteiger partial charge in [-0.15, -0.1) is 0 Å². The molecule has 7 heteroatoms. The summed E-state index contributed by atoms with van der Waals surface area (Å²) in [6, 6.07) is 1.18. The molecular formula is C28H31F2N5. The number of allylic oxidation sites excluding steroid dienone is 9. The van der Waals surface area contributed by atoms with E-state index >= 15 is 4.39 Å². The van der Waals surface area contributed by atoms with E-state index in [0.29, 0.717) is 16.9 Å². The molecule has 2 unspecified atom stereocenters. The van der Waals surface area contributed by atoms with Crippen molar-refractivity contribution < 1.29 is 8.78 Å². The lowest BCUT2D eigenvalue weighted by Gasteiger charge is -2.33. The smallest absolute Gasteiger partial charge is 0.165 e. The van der Waals surface area contributed by atoms with Crippen molar-refractivity contribution in [2.75, 3.05) is 38.8 Å². The number of fused-ring (bicyclic) bond motifs is 3. The SMILES string of the molecule is C=C/C(=C\C=C1\C=CC(C2=C(N(C)C)C3c4c(F)c(F)cc(NC)c4NC3N=C2)=CN1C)C(=C)C. The van der Waals surface area contributed by atoms with Crippen molar-refractivity contribution in [3.05, 3.63) is 107 Å². The first-order valence-electron chi connectivity index (χ1n) is 11.4. The standard InChI is InChI=1S/C28H31F2N5/c1-8-17(16(2)3)9-11-19-12-10-18(15-35(19)7)20-14-32-28-24(27(20)34(5)6)23-25(30)21(29)13-22(31-4)26(23)33-28/h8-15,24,28,31,33H,1-2H2,3-7H3/b17-9+,19-11-. The molecule has 35 heavy (non-hydrogen) atoms. The van der Waals surface area contributed by atoms with Crippen molar-refractivity contribution in [2.45, 2.75) is 19.0 Å². The molecule has 2 atom stereocenters. The first-order valence-corrected chi connectivity index (χ1v) is 11.4. The monoisotopic (exact) mass is 475 g/mol. The largest absolute Gasteiger partial charge is 0.386 e. The van der Waals surface area contributed by atoms with Crippen LogP contribution in [-0.2, 0) is 0 Å². The van der Waals surface area contributed by atoms with E-state index in [0.717, 1.165) is 33.7 Å². The molecule has 0 amide bonds. The van der Waals surface area contributed by atoms with Crippen LogP contribution in [0.4, 0.5) is 20.2 Å². The number of halogens is 2. The van der Waals surface area contributed by atoms with E-state index < -0.39 is 23.7 Å². The number of aliphatic imine (C=N–C) groups is 1. The predicted octanol–water partition coefficient (Wildman–Crippen LogP) is 5.70. The van der Waals surface area contributed by atoms with Crippen molar-refractivity contribution in [3.8, 4) is 0 Å².